The molecule has 74 valence electrons. The molecule has 0 aromatic heterocycles. The summed E-state index contributed by atoms with van der Waals surface area (Å²) in [6.07, 6.45) is 0. The van der Waals surface area contributed by atoms with Gasteiger partial charge in [-0.25, -0.2) is 0 Å². The van der Waals surface area contributed by atoms with Crippen LogP contribution in [0.4, 0.5) is 28.2 Å². The normalized spacial score (nSPS) is 2.45. The average Bonchev–Trinajstić information content (AvgIpc) is 0.811. The second-order valence-corrected chi connectivity index (χ2v) is 0.346. The van der Waals surface area contributed by atoms with Gasteiger partial charge in [0.2, 0.25) is 0 Å². The minimum atomic E-state index is -2.17. The topological polar surface area (TPSA) is 60.7 Å². The Balaban J connectivity index is -0.00000000161. The van der Waals surface area contributed by atoms with E-state index in [9.17, 15) is 0 Å². The molecule has 3 N–H and O–H groups in total. The predicted octanol–water partition coefficient (Wildman–Crippen LogP) is -4.02. The van der Waals surface area contributed by atoms with Gasteiger partial charge in [0.1, 0.15) is 0 Å². The quantitative estimate of drug-likeness (QED) is 0.269. The fourth-order valence-corrected chi connectivity index (χ4v) is 0. The summed E-state index contributed by atoms with van der Waals surface area (Å²) in [5.41, 5.74) is 0. The van der Waals surface area contributed by atoms with Crippen molar-refractivity contribution in [1.29, 1.82) is 0 Å². The molecule has 0 unspecified atom stereocenters. The van der Waals surface area contributed by atoms with Crippen molar-refractivity contribution in [3.63, 3.8) is 0 Å². The van der Waals surface area contributed by atoms with Gasteiger partial charge in [0.05, 0.1) is 0 Å². The maximum atomic E-state index is 7.17. The van der Waals surface area contributed by atoms with Gasteiger partial charge < -0.3 is 16.5 Å². The van der Waals surface area contributed by atoms with E-state index in [0.717, 1.165) is 0 Å². The molecule has 0 spiro atoms. The molecular formula is H10BF6LiO3. The van der Waals surface area contributed by atoms with Gasteiger partial charge in [-0.2, -0.15) is 0 Å². The number of halogens is 6. The first-order chi connectivity index (χ1) is 1.73. The first-order valence-corrected chi connectivity index (χ1v) is 0.775. The fraction of sp³-hybridized carbons (Fsp3) is 0. The minimum absolute atomic E-state index is 0. The summed E-state index contributed by atoms with van der Waals surface area (Å²) in [5.74, 6) is 0. The first-order valence-electron chi connectivity index (χ1n) is 0.775. The molecule has 0 fully saturated rings. The van der Waals surface area contributed by atoms with Crippen LogP contribution in [0, 0.1) is 0 Å². The molecule has 0 radical (unpaired) electrons. The molecule has 0 amide bonds. The maximum Gasteiger partial charge on any atom is 1.00 e. The first kappa shape index (κ1) is 117. The molecule has 11 heteroatoms. The van der Waals surface area contributed by atoms with Gasteiger partial charge in [0.15, 0.2) is 0 Å². The van der Waals surface area contributed by atoms with Crippen LogP contribution in [0.2, 0.25) is 0 Å². The van der Waals surface area contributed by atoms with Gasteiger partial charge in [-0.05, 0) is 0 Å². The molecule has 0 saturated carbocycles. The van der Waals surface area contributed by atoms with Crippen LogP contribution < -0.4 is 18.9 Å². The number of rotatable bonds is 0. The zero-order chi connectivity index (χ0) is 3.58. The zero-order valence-corrected chi connectivity index (χ0v) is 5.37. The average molecular weight is 190 g/mol. The van der Waals surface area contributed by atoms with Gasteiger partial charge in [0, 0.05) is 0 Å². The van der Waals surface area contributed by atoms with E-state index in [4.69, 9.17) is 15.1 Å². The Morgan fingerprint density at radius 1 is 0.636 bits per heavy atom. The van der Waals surface area contributed by atoms with Crippen molar-refractivity contribution < 1.29 is 63.6 Å². The second kappa shape index (κ2) is 86.4. The molecule has 0 aromatic carbocycles. The van der Waals surface area contributed by atoms with Crippen LogP contribution in [0.15, 0.2) is 0 Å². The van der Waals surface area contributed by atoms with E-state index >= 15 is 0 Å². The van der Waals surface area contributed by atoms with Crippen LogP contribution in [-0.4, -0.2) is 22.4 Å². The third-order valence-corrected chi connectivity index (χ3v) is 0. The van der Waals surface area contributed by atoms with Gasteiger partial charge in [0.25, 0.3) is 0 Å². The molecule has 0 aliphatic heterocycles. The van der Waals surface area contributed by atoms with Crippen LogP contribution in [0.5, 0.6) is 0 Å². The predicted molar refractivity (Wildman–Crippen MR) is 28.5 cm³/mol. The van der Waals surface area contributed by atoms with Crippen LogP contribution in [0.25, 0.3) is 0 Å². The van der Waals surface area contributed by atoms with Crippen molar-refractivity contribution in [1.82, 2.24) is 0 Å². The van der Waals surface area contributed by atoms with Gasteiger partial charge in [-0.3, -0.25) is 28.2 Å². The molecule has 0 aliphatic rings. The third kappa shape index (κ3) is 44600. The molecular weight excluding hydrogens is 180 g/mol. The van der Waals surface area contributed by atoms with Crippen molar-refractivity contribution in [2.24, 2.45) is 0 Å². The number of hydrogen-bond acceptors (Lipinski definition) is 3. The largest absolute Gasteiger partial charge is 1.00 e. The van der Waals surface area contributed by atoms with Crippen molar-refractivity contribution in [3.05, 3.63) is 0 Å². The van der Waals surface area contributed by atoms with Gasteiger partial charge in [-0.1, -0.05) is 0 Å². The molecule has 3 nitrogen and oxygen atoms in total. The standard InChI is InChI=1S/BH3O3.6FH.Li.H/c2-1(3)4;;;;;;;;/h2-4H;6*1H;;/q;;;;;;;+1;-1. The molecule has 0 aromatic rings. The van der Waals surface area contributed by atoms with E-state index in [1.165, 1.54) is 0 Å². The Morgan fingerprint density at radius 2 is 0.636 bits per heavy atom. The molecule has 0 heterocycles. The fourth-order valence-electron chi connectivity index (χ4n) is 0. The summed E-state index contributed by atoms with van der Waals surface area (Å²) in [6.45, 7) is 0. The molecule has 0 bridgehead atoms. The van der Waals surface area contributed by atoms with Crippen molar-refractivity contribution in [2.75, 3.05) is 0 Å². The third-order valence-electron chi connectivity index (χ3n) is 0. The summed E-state index contributed by atoms with van der Waals surface area (Å²) in [4.78, 5) is 0. The molecule has 0 saturated heterocycles. The van der Waals surface area contributed by atoms with Gasteiger partial charge in [-0.15, -0.1) is 0 Å². The Hall–Kier alpha value is 0.122. The van der Waals surface area contributed by atoms with Gasteiger partial charge >= 0.3 is 26.2 Å². The van der Waals surface area contributed by atoms with E-state index in [1.54, 1.807) is 0 Å². The zero-order valence-electron chi connectivity index (χ0n) is 6.37. The Bertz CT molecular complexity index is 27.5. The van der Waals surface area contributed by atoms with Crippen molar-refractivity contribution >= 4 is 7.32 Å². The molecule has 0 rings (SSSR count). The summed E-state index contributed by atoms with van der Waals surface area (Å²) >= 11 is 0. The number of hydrogen-bond donors (Lipinski definition) is 3. The summed E-state index contributed by atoms with van der Waals surface area (Å²) in [6, 6.07) is 0. The van der Waals surface area contributed by atoms with Crippen molar-refractivity contribution in [2.45, 2.75) is 0 Å². The Kier molecular flexibility index (Phi) is 918. The van der Waals surface area contributed by atoms with E-state index in [0.29, 0.717) is 0 Å². The van der Waals surface area contributed by atoms with E-state index in [2.05, 4.69) is 0 Å². The minimum Gasteiger partial charge on any atom is -1.00 e. The monoisotopic (exact) mass is 190 g/mol. The smallest absolute Gasteiger partial charge is 1.00 e. The second-order valence-electron chi connectivity index (χ2n) is 0.346. The molecule has 0 atom stereocenters. The Morgan fingerprint density at radius 3 is 0.636 bits per heavy atom. The Labute approximate surface area is 71.8 Å². The SMILES string of the molecule is F.F.F.F.F.F.OB(O)O.[H-].[Li+]. The van der Waals surface area contributed by atoms with E-state index in [-0.39, 0.29) is 48.5 Å². The molecule has 11 heavy (non-hydrogen) atoms. The van der Waals surface area contributed by atoms with Crippen molar-refractivity contribution in [3.8, 4) is 0 Å². The maximum absolute atomic E-state index is 7.17. The van der Waals surface area contributed by atoms with E-state index in [1.807, 2.05) is 0 Å². The van der Waals surface area contributed by atoms with Crippen LogP contribution in [0.3, 0.4) is 0 Å². The van der Waals surface area contributed by atoms with Crippen LogP contribution in [-0.2, 0) is 0 Å². The summed E-state index contributed by atoms with van der Waals surface area (Å²) in [7, 11) is -2.17. The summed E-state index contributed by atoms with van der Waals surface area (Å²) < 4.78 is 0. The van der Waals surface area contributed by atoms with Crippen LogP contribution in [0.1, 0.15) is 1.43 Å². The summed E-state index contributed by atoms with van der Waals surface area (Å²) in [5, 5.41) is 21.5. The van der Waals surface area contributed by atoms with Crippen LogP contribution >= 0.6 is 0 Å². The molecule has 0 aliphatic carbocycles. The van der Waals surface area contributed by atoms with E-state index < -0.39 is 7.32 Å².